The highest BCUT2D eigenvalue weighted by Gasteiger charge is 2.32. The number of nitrogens with one attached hydrogen (secondary N) is 1. The summed E-state index contributed by atoms with van der Waals surface area (Å²) in [5, 5.41) is 0.559. The lowest BCUT2D eigenvalue weighted by atomic mass is 10.0. The van der Waals surface area contributed by atoms with Crippen LogP contribution in [0.2, 0.25) is 0 Å². The average Bonchev–Trinajstić information content (AvgIpc) is 2.69. The summed E-state index contributed by atoms with van der Waals surface area (Å²) in [6.07, 6.45) is -3.78. The highest BCUT2D eigenvalue weighted by Crippen LogP contribution is 2.27. The van der Waals surface area contributed by atoms with Gasteiger partial charge in [0.15, 0.2) is 5.78 Å². The normalized spacial score (nSPS) is 12.0. The number of aromatic amines is 1. The number of hydrogen-bond acceptors (Lipinski definition) is 1. The summed E-state index contributed by atoms with van der Waals surface area (Å²) in [5.41, 5.74) is 1.83. The van der Waals surface area contributed by atoms with Gasteiger partial charge in [-0.1, -0.05) is 25.1 Å². The summed E-state index contributed by atoms with van der Waals surface area (Å²) in [6.45, 7) is 1.95. The molecule has 0 saturated carbocycles. The number of ketones is 1. The lowest BCUT2D eigenvalue weighted by Crippen LogP contribution is -2.14. The molecule has 96 valence electrons. The predicted octanol–water partition coefficient (Wildman–Crippen LogP) is 3.87. The van der Waals surface area contributed by atoms with Crippen LogP contribution in [0.25, 0.3) is 10.9 Å². The Morgan fingerprint density at radius 3 is 2.67 bits per heavy atom. The average molecular weight is 255 g/mol. The summed E-state index contributed by atoms with van der Waals surface area (Å²) in [6, 6.07) is 5.30. The Morgan fingerprint density at radius 2 is 2.06 bits per heavy atom. The minimum Gasteiger partial charge on any atom is -0.360 e. The Hall–Kier alpha value is -1.78. The molecule has 1 aromatic carbocycles. The first-order valence-electron chi connectivity index (χ1n) is 5.61. The first-order chi connectivity index (χ1) is 8.42. The number of para-hydroxylation sites is 1. The van der Waals surface area contributed by atoms with Crippen LogP contribution >= 0.6 is 0 Å². The van der Waals surface area contributed by atoms with E-state index in [4.69, 9.17) is 0 Å². The lowest BCUT2D eigenvalue weighted by molar-refractivity contribution is -0.125. The number of rotatable bonds is 3. The Morgan fingerprint density at radius 1 is 1.33 bits per heavy atom. The Labute approximate surface area is 102 Å². The van der Waals surface area contributed by atoms with Crippen LogP contribution in [0.5, 0.6) is 0 Å². The quantitative estimate of drug-likeness (QED) is 0.830. The van der Waals surface area contributed by atoms with Crippen molar-refractivity contribution in [2.75, 3.05) is 0 Å². The van der Waals surface area contributed by atoms with Gasteiger partial charge >= 0.3 is 6.18 Å². The number of hydrogen-bond donors (Lipinski definition) is 1. The molecule has 1 N–H and O–H groups in total. The molecule has 2 rings (SSSR count). The smallest absolute Gasteiger partial charge is 0.360 e. The maximum atomic E-state index is 12.2. The molecule has 0 amide bonds. The van der Waals surface area contributed by atoms with Crippen molar-refractivity contribution in [2.45, 2.75) is 25.9 Å². The second kappa shape index (κ2) is 4.48. The highest BCUT2D eigenvalue weighted by molar-refractivity contribution is 6.08. The van der Waals surface area contributed by atoms with Crippen molar-refractivity contribution in [3.8, 4) is 0 Å². The summed E-state index contributed by atoms with van der Waals surface area (Å²) < 4.78 is 36.6. The number of Topliss-reactive ketones (excluding diaryl/α,β-unsaturated/α-hetero) is 1. The molecule has 0 aliphatic heterocycles. The van der Waals surface area contributed by atoms with Crippen LogP contribution in [0.4, 0.5) is 13.2 Å². The van der Waals surface area contributed by atoms with E-state index in [2.05, 4.69) is 4.98 Å². The zero-order valence-corrected chi connectivity index (χ0v) is 9.77. The number of alkyl halides is 3. The van der Waals surface area contributed by atoms with Crippen LogP contribution in [0.3, 0.4) is 0 Å². The van der Waals surface area contributed by atoms with Crippen molar-refractivity contribution < 1.29 is 18.0 Å². The molecule has 5 heteroatoms. The molecule has 0 aliphatic carbocycles. The van der Waals surface area contributed by atoms with Crippen molar-refractivity contribution in [2.24, 2.45) is 0 Å². The van der Waals surface area contributed by atoms with Crippen LogP contribution in [0.1, 0.15) is 29.3 Å². The SMILES string of the molecule is CCc1cccc2c(C(=O)CC(F)(F)F)c[nH]c12. The molecule has 1 aromatic heterocycles. The minimum absolute atomic E-state index is 0.109. The number of halogens is 3. The van der Waals surface area contributed by atoms with E-state index in [9.17, 15) is 18.0 Å². The monoisotopic (exact) mass is 255 g/mol. The lowest BCUT2D eigenvalue weighted by Gasteiger charge is -2.04. The van der Waals surface area contributed by atoms with Crippen LogP contribution in [-0.4, -0.2) is 16.9 Å². The fourth-order valence-electron chi connectivity index (χ4n) is 2.02. The second-order valence-electron chi connectivity index (χ2n) is 4.11. The van der Waals surface area contributed by atoms with E-state index in [1.165, 1.54) is 6.20 Å². The number of carbonyl (C=O) groups is 1. The molecular formula is C13H12F3NO. The molecule has 0 atom stereocenters. The molecule has 0 saturated heterocycles. The van der Waals surface area contributed by atoms with E-state index in [1.54, 1.807) is 12.1 Å². The standard InChI is InChI=1S/C13H12F3NO/c1-2-8-4-3-5-9-10(7-17-12(8)9)11(18)6-13(14,15)16/h3-5,7,17H,2,6H2,1H3. The van der Waals surface area contributed by atoms with Gasteiger partial charge in [0.2, 0.25) is 0 Å². The van der Waals surface area contributed by atoms with Gasteiger partial charge < -0.3 is 4.98 Å². The molecule has 0 bridgehead atoms. The summed E-state index contributed by atoms with van der Waals surface area (Å²) in [4.78, 5) is 14.5. The maximum absolute atomic E-state index is 12.2. The fraction of sp³-hybridized carbons (Fsp3) is 0.308. The van der Waals surface area contributed by atoms with Crippen molar-refractivity contribution in [1.82, 2.24) is 4.98 Å². The van der Waals surface area contributed by atoms with E-state index in [-0.39, 0.29) is 5.56 Å². The second-order valence-corrected chi connectivity index (χ2v) is 4.11. The van der Waals surface area contributed by atoms with Gasteiger partial charge in [0.25, 0.3) is 0 Å². The molecular weight excluding hydrogens is 243 g/mol. The molecule has 2 nitrogen and oxygen atoms in total. The van der Waals surface area contributed by atoms with Crippen LogP contribution in [0, 0.1) is 0 Å². The number of H-pyrrole nitrogens is 1. The third kappa shape index (κ3) is 2.39. The van der Waals surface area contributed by atoms with Gasteiger partial charge in [0.05, 0.1) is 0 Å². The van der Waals surface area contributed by atoms with E-state index in [0.717, 1.165) is 17.5 Å². The Kier molecular flexibility index (Phi) is 3.15. The molecule has 1 heterocycles. The number of fused-ring (bicyclic) bond motifs is 1. The molecule has 18 heavy (non-hydrogen) atoms. The van der Waals surface area contributed by atoms with E-state index >= 15 is 0 Å². The molecule has 0 aliphatic rings. The minimum atomic E-state index is -4.47. The van der Waals surface area contributed by atoms with Crippen molar-refractivity contribution >= 4 is 16.7 Å². The van der Waals surface area contributed by atoms with Gasteiger partial charge in [-0.3, -0.25) is 4.79 Å². The number of aromatic nitrogens is 1. The van der Waals surface area contributed by atoms with Crippen LogP contribution in [-0.2, 0) is 6.42 Å². The molecule has 0 fully saturated rings. The van der Waals surface area contributed by atoms with Crippen LogP contribution < -0.4 is 0 Å². The van der Waals surface area contributed by atoms with Gasteiger partial charge in [0, 0.05) is 22.7 Å². The Bertz CT molecular complexity index is 583. The zero-order chi connectivity index (χ0) is 13.3. The topological polar surface area (TPSA) is 32.9 Å². The predicted molar refractivity (Wildman–Crippen MR) is 62.7 cm³/mol. The summed E-state index contributed by atoms with van der Waals surface area (Å²) in [7, 11) is 0. The van der Waals surface area contributed by atoms with Crippen molar-refractivity contribution in [3.05, 3.63) is 35.5 Å². The van der Waals surface area contributed by atoms with Gasteiger partial charge in [0.1, 0.15) is 6.42 Å². The van der Waals surface area contributed by atoms with Gasteiger partial charge in [-0.15, -0.1) is 0 Å². The van der Waals surface area contributed by atoms with E-state index in [0.29, 0.717) is 5.39 Å². The zero-order valence-electron chi connectivity index (χ0n) is 9.77. The summed E-state index contributed by atoms with van der Waals surface area (Å²) in [5.74, 6) is -0.901. The third-order valence-corrected chi connectivity index (χ3v) is 2.84. The van der Waals surface area contributed by atoms with Gasteiger partial charge in [-0.25, -0.2) is 0 Å². The largest absolute Gasteiger partial charge is 0.396 e. The molecule has 2 aromatic rings. The Balaban J connectivity index is 2.44. The first kappa shape index (κ1) is 12.7. The first-order valence-corrected chi connectivity index (χ1v) is 5.61. The molecule has 0 unspecified atom stereocenters. The van der Waals surface area contributed by atoms with E-state index < -0.39 is 18.4 Å². The van der Waals surface area contributed by atoms with Gasteiger partial charge in [-0.05, 0) is 12.0 Å². The fourth-order valence-corrected chi connectivity index (χ4v) is 2.02. The number of benzene rings is 1. The van der Waals surface area contributed by atoms with E-state index in [1.807, 2.05) is 13.0 Å². The highest BCUT2D eigenvalue weighted by atomic mass is 19.4. The van der Waals surface area contributed by atoms with Crippen molar-refractivity contribution in [3.63, 3.8) is 0 Å². The number of aryl methyl sites for hydroxylation is 1. The van der Waals surface area contributed by atoms with Gasteiger partial charge in [-0.2, -0.15) is 13.2 Å². The number of carbonyl (C=O) groups excluding carboxylic acids is 1. The van der Waals surface area contributed by atoms with Crippen LogP contribution in [0.15, 0.2) is 24.4 Å². The molecule has 0 radical (unpaired) electrons. The summed E-state index contributed by atoms with van der Waals surface area (Å²) >= 11 is 0. The third-order valence-electron chi connectivity index (χ3n) is 2.84. The molecule has 0 spiro atoms. The van der Waals surface area contributed by atoms with Crippen molar-refractivity contribution in [1.29, 1.82) is 0 Å². The maximum Gasteiger partial charge on any atom is 0.396 e.